The number of rotatable bonds is 5. The van der Waals surface area contributed by atoms with Gasteiger partial charge in [0.15, 0.2) is 0 Å². The summed E-state index contributed by atoms with van der Waals surface area (Å²) in [6, 6.07) is 3.39. The molecule has 0 aliphatic heterocycles. The third-order valence-corrected chi connectivity index (χ3v) is 2.76. The summed E-state index contributed by atoms with van der Waals surface area (Å²) in [5, 5.41) is 0. The van der Waals surface area contributed by atoms with Gasteiger partial charge in [0.1, 0.15) is 5.82 Å². The summed E-state index contributed by atoms with van der Waals surface area (Å²) in [5.41, 5.74) is 6.99. The molecule has 1 rings (SSSR count). The molecule has 0 aromatic carbocycles. The number of aryl methyl sites for hydroxylation is 1. The number of hydrogen-bond acceptors (Lipinski definition) is 4. The Bertz CT molecular complexity index is 400. The molecule has 0 aliphatic carbocycles. The normalized spacial score (nSPS) is 12.2. The van der Waals surface area contributed by atoms with Gasteiger partial charge < -0.3 is 15.4 Å². The number of amides is 1. The standard InChI is InChI=1S/C13H21N3O2/c1-5-16(10(3)8-18-4)13(17)11-6-9(2)15-12(14)7-11/h6-7,10H,5,8H2,1-4H3,(H2,14,15). The SMILES string of the molecule is CCN(C(=O)c1cc(C)nc(N)c1)C(C)COC. The van der Waals surface area contributed by atoms with Gasteiger partial charge in [-0.25, -0.2) is 4.98 Å². The Balaban J connectivity index is 2.96. The van der Waals surface area contributed by atoms with Crippen LogP contribution in [0.15, 0.2) is 12.1 Å². The summed E-state index contributed by atoms with van der Waals surface area (Å²) in [6.07, 6.45) is 0. The molecule has 1 amide bonds. The van der Waals surface area contributed by atoms with E-state index in [0.29, 0.717) is 24.5 Å². The van der Waals surface area contributed by atoms with Crippen LogP contribution in [0.4, 0.5) is 5.82 Å². The first-order chi connectivity index (χ1) is 8.49. The summed E-state index contributed by atoms with van der Waals surface area (Å²) in [5.74, 6) is 0.327. The van der Waals surface area contributed by atoms with Gasteiger partial charge >= 0.3 is 0 Å². The molecule has 0 spiro atoms. The quantitative estimate of drug-likeness (QED) is 0.860. The van der Waals surface area contributed by atoms with Crippen molar-refractivity contribution in [1.82, 2.24) is 9.88 Å². The highest BCUT2D eigenvalue weighted by Gasteiger charge is 2.20. The number of methoxy groups -OCH3 is 1. The molecule has 2 N–H and O–H groups in total. The van der Waals surface area contributed by atoms with Gasteiger partial charge in [0.05, 0.1) is 12.6 Å². The Morgan fingerprint density at radius 3 is 2.72 bits per heavy atom. The maximum Gasteiger partial charge on any atom is 0.254 e. The van der Waals surface area contributed by atoms with Crippen LogP contribution in [0.1, 0.15) is 29.9 Å². The highest BCUT2D eigenvalue weighted by molar-refractivity contribution is 5.95. The number of aromatic nitrogens is 1. The smallest absolute Gasteiger partial charge is 0.254 e. The Labute approximate surface area is 108 Å². The molecule has 0 fully saturated rings. The van der Waals surface area contributed by atoms with Crippen LogP contribution in [0, 0.1) is 6.92 Å². The van der Waals surface area contributed by atoms with Crippen molar-refractivity contribution in [2.24, 2.45) is 0 Å². The lowest BCUT2D eigenvalue weighted by molar-refractivity contribution is 0.0579. The van der Waals surface area contributed by atoms with Gasteiger partial charge in [-0.2, -0.15) is 0 Å². The topological polar surface area (TPSA) is 68.5 Å². The lowest BCUT2D eigenvalue weighted by Gasteiger charge is -2.27. The number of hydrogen-bond donors (Lipinski definition) is 1. The molecule has 1 aromatic rings. The van der Waals surface area contributed by atoms with Gasteiger partial charge in [0.25, 0.3) is 5.91 Å². The van der Waals surface area contributed by atoms with Crippen molar-refractivity contribution in [2.45, 2.75) is 26.8 Å². The van der Waals surface area contributed by atoms with E-state index in [1.54, 1.807) is 24.1 Å². The zero-order valence-electron chi connectivity index (χ0n) is 11.4. The third-order valence-electron chi connectivity index (χ3n) is 2.76. The minimum absolute atomic E-state index is 0.0298. The van der Waals surface area contributed by atoms with Crippen molar-refractivity contribution >= 4 is 11.7 Å². The monoisotopic (exact) mass is 251 g/mol. The fraction of sp³-hybridized carbons (Fsp3) is 0.538. The first kappa shape index (κ1) is 14.4. The maximum atomic E-state index is 12.4. The molecule has 5 nitrogen and oxygen atoms in total. The molecule has 100 valence electrons. The van der Waals surface area contributed by atoms with Gasteiger partial charge in [-0.1, -0.05) is 0 Å². The van der Waals surface area contributed by atoms with Crippen LogP contribution in [-0.4, -0.2) is 42.1 Å². The largest absolute Gasteiger partial charge is 0.384 e. The number of nitrogens with zero attached hydrogens (tertiary/aromatic N) is 2. The lowest BCUT2D eigenvalue weighted by atomic mass is 10.1. The van der Waals surface area contributed by atoms with Gasteiger partial charge in [0, 0.05) is 24.9 Å². The molecule has 1 unspecified atom stereocenters. The summed E-state index contributed by atoms with van der Waals surface area (Å²) < 4.78 is 5.09. The van der Waals surface area contributed by atoms with E-state index >= 15 is 0 Å². The molecule has 1 atom stereocenters. The van der Waals surface area contributed by atoms with E-state index in [1.807, 2.05) is 20.8 Å². The van der Waals surface area contributed by atoms with E-state index in [9.17, 15) is 4.79 Å². The zero-order chi connectivity index (χ0) is 13.7. The molecule has 0 bridgehead atoms. The number of likely N-dealkylation sites (N-methyl/N-ethyl adjacent to an activating group) is 1. The van der Waals surface area contributed by atoms with Crippen LogP contribution in [-0.2, 0) is 4.74 Å². The van der Waals surface area contributed by atoms with Crippen LogP contribution >= 0.6 is 0 Å². The van der Waals surface area contributed by atoms with E-state index < -0.39 is 0 Å². The molecule has 1 aromatic heterocycles. The third kappa shape index (κ3) is 3.43. The molecule has 18 heavy (non-hydrogen) atoms. The highest BCUT2D eigenvalue weighted by atomic mass is 16.5. The van der Waals surface area contributed by atoms with E-state index in [2.05, 4.69) is 4.98 Å². The van der Waals surface area contributed by atoms with Gasteiger partial charge in [-0.3, -0.25) is 4.79 Å². The van der Waals surface area contributed by atoms with Crippen LogP contribution in [0.5, 0.6) is 0 Å². The summed E-state index contributed by atoms with van der Waals surface area (Å²) >= 11 is 0. The maximum absolute atomic E-state index is 12.4. The molecule has 0 saturated heterocycles. The van der Waals surface area contributed by atoms with Crippen LogP contribution in [0.2, 0.25) is 0 Å². The first-order valence-corrected chi connectivity index (χ1v) is 6.03. The lowest BCUT2D eigenvalue weighted by Crippen LogP contribution is -2.41. The number of nitrogens with two attached hydrogens (primary N) is 1. The Kier molecular flexibility index (Phi) is 5.09. The van der Waals surface area contributed by atoms with E-state index in [1.165, 1.54) is 0 Å². The number of ether oxygens (including phenoxy) is 1. The molecule has 1 heterocycles. The van der Waals surface area contributed by atoms with Crippen molar-refractivity contribution in [3.8, 4) is 0 Å². The minimum Gasteiger partial charge on any atom is -0.384 e. The molecular formula is C13H21N3O2. The van der Waals surface area contributed by atoms with Crippen molar-refractivity contribution in [1.29, 1.82) is 0 Å². The number of carbonyl (C=O) groups excluding carboxylic acids is 1. The summed E-state index contributed by atoms with van der Waals surface area (Å²) in [6.45, 7) is 6.87. The van der Waals surface area contributed by atoms with Crippen LogP contribution in [0.3, 0.4) is 0 Å². The van der Waals surface area contributed by atoms with Gasteiger partial charge in [-0.05, 0) is 32.9 Å². The van der Waals surface area contributed by atoms with E-state index in [4.69, 9.17) is 10.5 Å². The van der Waals surface area contributed by atoms with Crippen molar-refractivity contribution < 1.29 is 9.53 Å². The highest BCUT2D eigenvalue weighted by Crippen LogP contribution is 2.12. The Hall–Kier alpha value is -1.62. The second kappa shape index (κ2) is 6.35. The van der Waals surface area contributed by atoms with E-state index in [-0.39, 0.29) is 11.9 Å². The van der Waals surface area contributed by atoms with E-state index in [0.717, 1.165) is 5.69 Å². The predicted molar refractivity (Wildman–Crippen MR) is 71.4 cm³/mol. The molecule has 0 aliphatic rings. The van der Waals surface area contributed by atoms with Gasteiger partial charge in [0.2, 0.25) is 0 Å². The summed E-state index contributed by atoms with van der Waals surface area (Å²) in [4.78, 5) is 18.2. The number of nitrogen functional groups attached to an aromatic ring is 1. The fourth-order valence-electron chi connectivity index (χ4n) is 1.97. The number of anilines is 1. The predicted octanol–water partition coefficient (Wildman–Crippen LogP) is 1.47. The van der Waals surface area contributed by atoms with Crippen molar-refractivity contribution in [3.05, 3.63) is 23.4 Å². The zero-order valence-corrected chi connectivity index (χ0v) is 11.4. The second-order valence-electron chi connectivity index (χ2n) is 4.32. The Morgan fingerprint density at radius 1 is 1.56 bits per heavy atom. The average Bonchev–Trinajstić information content (AvgIpc) is 2.28. The molecule has 0 radical (unpaired) electrons. The number of carbonyl (C=O) groups is 1. The van der Waals surface area contributed by atoms with Crippen LogP contribution in [0.25, 0.3) is 0 Å². The molecule has 0 saturated carbocycles. The van der Waals surface area contributed by atoms with Crippen LogP contribution < -0.4 is 5.73 Å². The molecular weight excluding hydrogens is 230 g/mol. The van der Waals surface area contributed by atoms with Gasteiger partial charge in [-0.15, -0.1) is 0 Å². The number of pyridine rings is 1. The average molecular weight is 251 g/mol. The summed E-state index contributed by atoms with van der Waals surface area (Å²) in [7, 11) is 1.63. The fourth-order valence-corrected chi connectivity index (χ4v) is 1.97. The van der Waals surface area contributed by atoms with Crippen molar-refractivity contribution in [3.63, 3.8) is 0 Å². The Morgan fingerprint density at radius 2 is 2.22 bits per heavy atom. The first-order valence-electron chi connectivity index (χ1n) is 6.03. The van der Waals surface area contributed by atoms with Crippen molar-refractivity contribution in [2.75, 3.05) is 26.0 Å². The minimum atomic E-state index is -0.0424. The second-order valence-corrected chi connectivity index (χ2v) is 4.32. The molecule has 5 heteroatoms.